The molecule has 24 heavy (non-hydrogen) atoms. The van der Waals surface area contributed by atoms with Crippen molar-refractivity contribution in [2.24, 2.45) is 0 Å². The lowest BCUT2D eigenvalue weighted by molar-refractivity contribution is 0.102. The van der Waals surface area contributed by atoms with E-state index < -0.39 is 0 Å². The Labute approximate surface area is 140 Å². The van der Waals surface area contributed by atoms with Crippen molar-refractivity contribution in [3.63, 3.8) is 0 Å². The van der Waals surface area contributed by atoms with E-state index in [1.54, 1.807) is 7.11 Å². The molecule has 2 aromatic carbocycles. The van der Waals surface area contributed by atoms with E-state index in [9.17, 15) is 4.79 Å². The Balaban J connectivity index is 1.69. The Bertz CT molecular complexity index is 899. The van der Waals surface area contributed by atoms with E-state index in [1.807, 2.05) is 54.6 Å². The molecule has 0 bridgehead atoms. The van der Waals surface area contributed by atoms with Gasteiger partial charge in [0.25, 0.3) is 5.91 Å². The molecule has 0 saturated heterocycles. The lowest BCUT2D eigenvalue weighted by Crippen LogP contribution is -2.13. The van der Waals surface area contributed by atoms with Crippen molar-refractivity contribution in [3.8, 4) is 5.75 Å². The highest BCUT2D eigenvalue weighted by Crippen LogP contribution is 2.40. The third kappa shape index (κ3) is 2.83. The highest BCUT2D eigenvalue weighted by atomic mass is 16.5. The first-order valence-electron chi connectivity index (χ1n) is 8.09. The maximum Gasteiger partial charge on any atom is 0.256 e. The number of methoxy groups -OCH3 is 1. The van der Waals surface area contributed by atoms with E-state index in [2.05, 4.69) is 5.32 Å². The van der Waals surface area contributed by atoms with Crippen LogP contribution in [0, 0.1) is 0 Å². The number of para-hydroxylation sites is 1. The summed E-state index contributed by atoms with van der Waals surface area (Å²) in [5.74, 6) is 1.15. The molecule has 1 saturated carbocycles. The van der Waals surface area contributed by atoms with E-state index in [4.69, 9.17) is 9.72 Å². The van der Waals surface area contributed by atoms with Gasteiger partial charge >= 0.3 is 0 Å². The third-order valence-corrected chi connectivity index (χ3v) is 4.32. The number of carbonyl (C=O) groups is 1. The first-order chi connectivity index (χ1) is 11.7. The van der Waals surface area contributed by atoms with Crippen LogP contribution in [-0.4, -0.2) is 18.0 Å². The number of fused-ring (bicyclic) bond motifs is 1. The Morgan fingerprint density at radius 3 is 2.58 bits per heavy atom. The second-order valence-electron chi connectivity index (χ2n) is 6.07. The molecule has 1 fully saturated rings. The number of amides is 1. The summed E-state index contributed by atoms with van der Waals surface area (Å²) in [4.78, 5) is 17.5. The van der Waals surface area contributed by atoms with Crippen LogP contribution in [0.1, 0.15) is 34.8 Å². The molecule has 0 atom stereocenters. The van der Waals surface area contributed by atoms with Gasteiger partial charge in [0.15, 0.2) is 0 Å². The molecule has 4 nitrogen and oxygen atoms in total. The predicted octanol–water partition coefficient (Wildman–Crippen LogP) is 4.37. The molecule has 3 aromatic rings. The van der Waals surface area contributed by atoms with Gasteiger partial charge in [0.2, 0.25) is 0 Å². The minimum Gasteiger partial charge on any atom is -0.497 e. The molecule has 4 heteroatoms. The highest BCUT2D eigenvalue weighted by Gasteiger charge is 2.26. The van der Waals surface area contributed by atoms with Crippen LogP contribution in [0.25, 0.3) is 10.9 Å². The number of carbonyl (C=O) groups excluding carboxylic acids is 1. The SMILES string of the molecule is COc1ccc(NC(=O)c2cc(C3CC3)nc3ccccc23)cc1. The van der Waals surface area contributed by atoms with Crippen molar-refractivity contribution >= 4 is 22.5 Å². The quantitative estimate of drug-likeness (QED) is 0.777. The summed E-state index contributed by atoms with van der Waals surface area (Å²) in [6.45, 7) is 0. The van der Waals surface area contributed by atoms with E-state index in [-0.39, 0.29) is 5.91 Å². The van der Waals surface area contributed by atoms with E-state index in [0.29, 0.717) is 11.5 Å². The average Bonchev–Trinajstić information content (AvgIpc) is 3.46. The van der Waals surface area contributed by atoms with Crippen LogP contribution in [0.2, 0.25) is 0 Å². The molecule has 0 unspecified atom stereocenters. The summed E-state index contributed by atoms with van der Waals surface area (Å²) < 4.78 is 5.14. The molecule has 1 amide bonds. The first-order valence-corrected chi connectivity index (χ1v) is 8.09. The minimum absolute atomic E-state index is 0.110. The zero-order valence-corrected chi connectivity index (χ0v) is 13.5. The molecule has 1 aliphatic carbocycles. The molecule has 0 spiro atoms. The van der Waals surface area contributed by atoms with Crippen LogP contribution in [0.15, 0.2) is 54.6 Å². The van der Waals surface area contributed by atoms with E-state index >= 15 is 0 Å². The Kier molecular flexibility index (Phi) is 3.65. The summed E-state index contributed by atoms with van der Waals surface area (Å²) in [5.41, 5.74) is 3.32. The van der Waals surface area contributed by atoms with Crippen LogP contribution >= 0.6 is 0 Å². The summed E-state index contributed by atoms with van der Waals surface area (Å²) in [7, 11) is 1.62. The first kappa shape index (κ1) is 14.7. The number of ether oxygens (including phenoxy) is 1. The highest BCUT2D eigenvalue weighted by molar-refractivity contribution is 6.12. The van der Waals surface area contributed by atoms with Gasteiger partial charge < -0.3 is 10.1 Å². The molecule has 1 N–H and O–H groups in total. The van der Waals surface area contributed by atoms with Crippen LogP contribution in [0.3, 0.4) is 0 Å². The fourth-order valence-electron chi connectivity index (χ4n) is 2.84. The number of nitrogens with zero attached hydrogens (tertiary/aromatic N) is 1. The molecule has 1 aromatic heterocycles. The van der Waals surface area contributed by atoms with Gasteiger partial charge in [0.05, 0.1) is 18.2 Å². The number of pyridine rings is 1. The van der Waals surface area contributed by atoms with Crippen LogP contribution in [0.5, 0.6) is 5.75 Å². The Morgan fingerprint density at radius 2 is 1.88 bits per heavy atom. The van der Waals surface area contributed by atoms with Crippen molar-refractivity contribution in [1.29, 1.82) is 0 Å². The summed E-state index contributed by atoms with van der Waals surface area (Å²) >= 11 is 0. The van der Waals surface area contributed by atoms with Gasteiger partial charge in [-0.15, -0.1) is 0 Å². The number of hydrogen-bond donors (Lipinski definition) is 1. The smallest absolute Gasteiger partial charge is 0.256 e. The normalized spacial score (nSPS) is 13.7. The molecule has 1 heterocycles. The molecular weight excluding hydrogens is 300 g/mol. The summed E-state index contributed by atoms with van der Waals surface area (Å²) in [5, 5.41) is 3.85. The van der Waals surface area contributed by atoms with Crippen LogP contribution in [-0.2, 0) is 0 Å². The van der Waals surface area contributed by atoms with Gasteiger partial charge in [-0.2, -0.15) is 0 Å². The molecule has 1 aliphatic rings. The lowest BCUT2D eigenvalue weighted by Gasteiger charge is -2.10. The van der Waals surface area contributed by atoms with Gasteiger partial charge in [0, 0.05) is 22.7 Å². The minimum atomic E-state index is -0.110. The van der Waals surface area contributed by atoms with Crippen molar-refractivity contribution in [2.75, 3.05) is 12.4 Å². The third-order valence-electron chi connectivity index (χ3n) is 4.32. The molecule has 0 radical (unpaired) electrons. The second kappa shape index (κ2) is 5.96. The molecular formula is C20H18N2O2. The maximum atomic E-state index is 12.8. The van der Waals surface area contributed by atoms with Crippen LogP contribution in [0.4, 0.5) is 5.69 Å². The molecule has 0 aliphatic heterocycles. The molecule has 4 rings (SSSR count). The summed E-state index contributed by atoms with van der Waals surface area (Å²) in [6, 6.07) is 17.1. The predicted molar refractivity (Wildman–Crippen MR) is 94.7 cm³/mol. The lowest BCUT2D eigenvalue weighted by atomic mass is 10.1. The zero-order chi connectivity index (χ0) is 16.5. The Hall–Kier alpha value is -2.88. The van der Waals surface area contributed by atoms with Crippen molar-refractivity contribution in [2.45, 2.75) is 18.8 Å². The van der Waals surface area contributed by atoms with Gasteiger partial charge in [-0.25, -0.2) is 0 Å². The fraction of sp³-hybridized carbons (Fsp3) is 0.200. The zero-order valence-electron chi connectivity index (χ0n) is 13.5. The van der Waals surface area contributed by atoms with Crippen molar-refractivity contribution in [1.82, 2.24) is 4.98 Å². The maximum absolute atomic E-state index is 12.8. The summed E-state index contributed by atoms with van der Waals surface area (Å²) in [6.07, 6.45) is 2.32. The number of rotatable bonds is 4. The number of benzene rings is 2. The fourth-order valence-corrected chi connectivity index (χ4v) is 2.84. The standard InChI is InChI=1S/C20H18N2O2/c1-24-15-10-8-14(9-11-15)21-20(23)17-12-19(13-6-7-13)22-18-5-3-2-4-16(17)18/h2-5,8-13H,6-7H2,1H3,(H,21,23). The van der Waals surface area contributed by atoms with Gasteiger partial charge in [-0.3, -0.25) is 9.78 Å². The number of nitrogens with one attached hydrogen (secondary N) is 1. The van der Waals surface area contributed by atoms with Gasteiger partial charge in [-0.1, -0.05) is 18.2 Å². The largest absolute Gasteiger partial charge is 0.497 e. The van der Waals surface area contributed by atoms with E-state index in [0.717, 1.165) is 40.9 Å². The number of anilines is 1. The number of aromatic nitrogens is 1. The second-order valence-corrected chi connectivity index (χ2v) is 6.07. The molecule has 120 valence electrons. The Morgan fingerprint density at radius 1 is 1.12 bits per heavy atom. The van der Waals surface area contributed by atoms with Gasteiger partial charge in [-0.05, 0) is 49.2 Å². The van der Waals surface area contributed by atoms with Crippen LogP contribution < -0.4 is 10.1 Å². The topological polar surface area (TPSA) is 51.2 Å². The van der Waals surface area contributed by atoms with Crippen molar-refractivity contribution < 1.29 is 9.53 Å². The number of hydrogen-bond acceptors (Lipinski definition) is 3. The van der Waals surface area contributed by atoms with Gasteiger partial charge in [0.1, 0.15) is 5.75 Å². The average molecular weight is 318 g/mol. The monoisotopic (exact) mass is 318 g/mol. The van der Waals surface area contributed by atoms with Crippen molar-refractivity contribution in [3.05, 3.63) is 65.9 Å². The van der Waals surface area contributed by atoms with E-state index in [1.165, 1.54) is 0 Å².